The smallest absolute Gasteiger partial charge is 0.295 e. The Labute approximate surface area is 224 Å². The zero-order valence-electron chi connectivity index (χ0n) is 22.6. The first-order chi connectivity index (χ1) is 18.4. The van der Waals surface area contributed by atoms with E-state index in [0.29, 0.717) is 25.3 Å². The maximum atomic E-state index is 13.4. The van der Waals surface area contributed by atoms with E-state index in [2.05, 4.69) is 18.7 Å². The van der Waals surface area contributed by atoms with Gasteiger partial charge < -0.3 is 24.4 Å². The maximum Gasteiger partial charge on any atom is 0.295 e. The molecule has 1 atom stereocenters. The molecule has 4 rings (SSSR count). The van der Waals surface area contributed by atoms with Crippen LogP contribution < -0.4 is 9.47 Å². The number of methoxy groups -OCH3 is 1. The third-order valence-electron chi connectivity index (χ3n) is 7.08. The van der Waals surface area contributed by atoms with Crippen LogP contribution in [0.5, 0.6) is 11.5 Å². The summed E-state index contributed by atoms with van der Waals surface area (Å²) in [4.78, 5) is 30.5. The molecule has 38 heavy (non-hydrogen) atoms. The van der Waals surface area contributed by atoms with Crippen LogP contribution in [0.25, 0.3) is 16.5 Å². The Morgan fingerprint density at radius 1 is 0.921 bits per heavy atom. The number of aliphatic hydroxyl groups excluding tert-OH is 1. The second kappa shape index (κ2) is 12.1. The first kappa shape index (κ1) is 27.2. The number of ketones is 1. The van der Waals surface area contributed by atoms with Crippen molar-refractivity contribution in [1.29, 1.82) is 0 Å². The summed E-state index contributed by atoms with van der Waals surface area (Å²) in [6.45, 7) is 9.48. The van der Waals surface area contributed by atoms with Crippen molar-refractivity contribution in [3.63, 3.8) is 0 Å². The highest BCUT2D eigenvalue weighted by molar-refractivity contribution is 6.46. The molecule has 1 heterocycles. The molecule has 7 nitrogen and oxygen atoms in total. The zero-order chi connectivity index (χ0) is 27.2. The highest BCUT2D eigenvalue weighted by Crippen LogP contribution is 2.40. The molecule has 0 spiro atoms. The van der Waals surface area contributed by atoms with Gasteiger partial charge in [-0.25, -0.2) is 0 Å². The quantitative estimate of drug-likeness (QED) is 0.209. The van der Waals surface area contributed by atoms with Crippen LogP contribution >= 0.6 is 0 Å². The Hall–Kier alpha value is -3.84. The highest BCUT2D eigenvalue weighted by atomic mass is 16.5. The van der Waals surface area contributed by atoms with Gasteiger partial charge in [0, 0.05) is 18.7 Å². The number of likely N-dealkylation sites (N-methyl/N-ethyl adjacent to an activating group) is 1. The molecule has 1 saturated heterocycles. The summed E-state index contributed by atoms with van der Waals surface area (Å²) in [5, 5.41) is 13.3. The lowest BCUT2D eigenvalue weighted by molar-refractivity contribution is -0.140. The van der Waals surface area contributed by atoms with E-state index < -0.39 is 17.7 Å². The van der Waals surface area contributed by atoms with E-state index in [-0.39, 0.29) is 11.3 Å². The first-order valence-electron chi connectivity index (χ1n) is 13.2. The Kier molecular flexibility index (Phi) is 8.69. The minimum Gasteiger partial charge on any atom is -0.507 e. The third kappa shape index (κ3) is 5.53. The SMILES string of the molecule is CCCOc1ccc(C2/C(=C(\O)c3ccc4cc(OC)ccc4c3)C(=O)C(=O)N2CCN(CC)CC)cc1. The summed E-state index contributed by atoms with van der Waals surface area (Å²) >= 11 is 0. The lowest BCUT2D eigenvalue weighted by Gasteiger charge is -2.28. The topological polar surface area (TPSA) is 79.3 Å². The van der Waals surface area contributed by atoms with Crippen LogP contribution in [0.15, 0.2) is 66.2 Å². The number of carbonyl (C=O) groups excluding carboxylic acids is 2. The number of aliphatic hydroxyl groups is 1. The molecule has 1 aliphatic heterocycles. The van der Waals surface area contributed by atoms with E-state index in [1.807, 2.05) is 61.5 Å². The van der Waals surface area contributed by atoms with Crippen LogP contribution in [0.1, 0.15) is 44.4 Å². The summed E-state index contributed by atoms with van der Waals surface area (Å²) < 4.78 is 11.0. The van der Waals surface area contributed by atoms with Gasteiger partial charge in [0.1, 0.15) is 17.3 Å². The molecular formula is C31H36N2O5. The van der Waals surface area contributed by atoms with Crippen molar-refractivity contribution < 1.29 is 24.2 Å². The number of ether oxygens (including phenoxy) is 2. The summed E-state index contributed by atoms with van der Waals surface area (Å²) in [6.07, 6.45) is 0.895. The second-order valence-electron chi connectivity index (χ2n) is 9.36. The van der Waals surface area contributed by atoms with Gasteiger partial charge in [0.2, 0.25) is 0 Å². The molecule has 1 aliphatic rings. The van der Waals surface area contributed by atoms with E-state index in [1.54, 1.807) is 18.1 Å². The van der Waals surface area contributed by atoms with E-state index in [0.717, 1.165) is 47.3 Å². The third-order valence-corrected chi connectivity index (χ3v) is 7.08. The minimum absolute atomic E-state index is 0.102. The average molecular weight is 517 g/mol. The van der Waals surface area contributed by atoms with Crippen molar-refractivity contribution in [1.82, 2.24) is 9.80 Å². The lowest BCUT2D eigenvalue weighted by Crippen LogP contribution is -2.38. The number of amides is 1. The fourth-order valence-corrected chi connectivity index (χ4v) is 4.87. The molecule has 0 bridgehead atoms. The van der Waals surface area contributed by atoms with Crippen molar-refractivity contribution in [2.75, 3.05) is 39.9 Å². The van der Waals surface area contributed by atoms with Gasteiger partial charge in [-0.05, 0) is 66.2 Å². The normalized spacial score (nSPS) is 17.0. The largest absolute Gasteiger partial charge is 0.507 e. The standard InChI is InChI=1S/C31H36N2O5/c1-5-18-38-25-13-10-21(11-14-25)28-27(30(35)31(36)33(28)17-16-32(6-2)7-3)29(34)24-9-8-23-20-26(37-4)15-12-22(23)19-24/h8-15,19-20,28,34H,5-7,16-18H2,1-4H3/b29-27+. The molecule has 0 saturated carbocycles. The van der Waals surface area contributed by atoms with Crippen LogP contribution in [0.2, 0.25) is 0 Å². The summed E-state index contributed by atoms with van der Waals surface area (Å²) in [5.74, 6) is 0.0109. The fraction of sp³-hybridized carbons (Fsp3) is 0.355. The van der Waals surface area contributed by atoms with Gasteiger partial charge in [0.25, 0.3) is 11.7 Å². The van der Waals surface area contributed by atoms with E-state index in [9.17, 15) is 14.7 Å². The average Bonchev–Trinajstić information content (AvgIpc) is 3.20. The maximum absolute atomic E-state index is 13.4. The van der Waals surface area contributed by atoms with Gasteiger partial charge >= 0.3 is 0 Å². The van der Waals surface area contributed by atoms with Gasteiger partial charge in [0.15, 0.2) is 0 Å². The Morgan fingerprint density at radius 2 is 1.58 bits per heavy atom. The molecule has 3 aromatic carbocycles. The lowest BCUT2D eigenvalue weighted by atomic mass is 9.94. The molecule has 0 aromatic heterocycles. The minimum atomic E-state index is -0.697. The predicted molar refractivity (Wildman–Crippen MR) is 150 cm³/mol. The number of carbonyl (C=O) groups is 2. The van der Waals surface area contributed by atoms with Crippen molar-refractivity contribution in [2.24, 2.45) is 0 Å². The van der Waals surface area contributed by atoms with Crippen molar-refractivity contribution in [2.45, 2.75) is 33.2 Å². The van der Waals surface area contributed by atoms with Gasteiger partial charge in [-0.1, -0.05) is 51.1 Å². The number of Topliss-reactive ketones (excluding diaryl/α,β-unsaturated/α-hetero) is 1. The van der Waals surface area contributed by atoms with Crippen LogP contribution in [0.4, 0.5) is 0 Å². The van der Waals surface area contributed by atoms with Crippen molar-refractivity contribution in [3.8, 4) is 11.5 Å². The zero-order valence-corrected chi connectivity index (χ0v) is 22.6. The molecule has 200 valence electrons. The van der Waals surface area contributed by atoms with Gasteiger partial charge in [-0.3, -0.25) is 9.59 Å². The molecule has 1 unspecified atom stereocenters. The number of fused-ring (bicyclic) bond motifs is 1. The molecule has 1 amide bonds. The molecule has 3 aromatic rings. The van der Waals surface area contributed by atoms with E-state index in [1.165, 1.54) is 0 Å². The molecule has 1 N–H and O–H groups in total. The van der Waals surface area contributed by atoms with Crippen LogP contribution in [-0.4, -0.2) is 66.5 Å². The highest BCUT2D eigenvalue weighted by Gasteiger charge is 2.46. The predicted octanol–water partition coefficient (Wildman–Crippen LogP) is 5.40. The Morgan fingerprint density at radius 3 is 2.24 bits per heavy atom. The number of hydrogen-bond donors (Lipinski definition) is 1. The Bertz CT molecular complexity index is 1330. The number of benzene rings is 3. The second-order valence-corrected chi connectivity index (χ2v) is 9.36. The summed E-state index contributed by atoms with van der Waals surface area (Å²) in [6, 6.07) is 17.9. The molecule has 7 heteroatoms. The van der Waals surface area contributed by atoms with Gasteiger partial charge in [-0.15, -0.1) is 0 Å². The summed E-state index contributed by atoms with van der Waals surface area (Å²) in [5.41, 5.74) is 1.33. The van der Waals surface area contributed by atoms with Gasteiger partial charge in [-0.2, -0.15) is 0 Å². The monoisotopic (exact) mass is 516 g/mol. The van der Waals surface area contributed by atoms with E-state index >= 15 is 0 Å². The first-order valence-corrected chi connectivity index (χ1v) is 13.2. The number of hydrogen-bond acceptors (Lipinski definition) is 6. The number of rotatable bonds is 11. The molecule has 1 fully saturated rings. The molecular weight excluding hydrogens is 480 g/mol. The van der Waals surface area contributed by atoms with Crippen LogP contribution in [0, 0.1) is 0 Å². The fourth-order valence-electron chi connectivity index (χ4n) is 4.87. The van der Waals surface area contributed by atoms with Gasteiger partial charge in [0.05, 0.1) is 25.3 Å². The Balaban J connectivity index is 1.78. The van der Waals surface area contributed by atoms with E-state index in [4.69, 9.17) is 9.47 Å². The number of likely N-dealkylation sites (tertiary alicyclic amines) is 1. The number of nitrogens with zero attached hydrogens (tertiary/aromatic N) is 2. The molecule has 0 aliphatic carbocycles. The van der Waals surface area contributed by atoms with Crippen molar-refractivity contribution in [3.05, 3.63) is 77.4 Å². The van der Waals surface area contributed by atoms with Crippen LogP contribution in [0.3, 0.4) is 0 Å². The van der Waals surface area contributed by atoms with Crippen molar-refractivity contribution >= 4 is 28.2 Å². The molecule has 0 radical (unpaired) electrons. The summed E-state index contributed by atoms with van der Waals surface area (Å²) in [7, 11) is 1.61. The van der Waals surface area contributed by atoms with Crippen LogP contribution in [-0.2, 0) is 9.59 Å².